The Hall–Kier alpha value is -1.97. The van der Waals surface area contributed by atoms with Crippen molar-refractivity contribution >= 4 is 27.0 Å². The number of benzene rings is 1. The fourth-order valence-corrected chi connectivity index (χ4v) is 2.73. The first kappa shape index (κ1) is 17.1. The second kappa shape index (κ2) is 6.20. The lowest BCUT2D eigenvalue weighted by Crippen LogP contribution is -1.99. The third kappa shape index (κ3) is 5.50. The summed E-state index contributed by atoms with van der Waals surface area (Å²) in [6.07, 6.45) is 0. The molecule has 0 fully saturated rings. The van der Waals surface area contributed by atoms with Crippen LogP contribution in [0.5, 0.6) is 5.75 Å². The summed E-state index contributed by atoms with van der Waals surface area (Å²) in [5, 5.41) is 13.9. The molecule has 0 aliphatic carbocycles. The van der Waals surface area contributed by atoms with Crippen molar-refractivity contribution in [2.75, 3.05) is 0 Å². The smallest absolute Gasteiger partial charge is 0.396 e. The molecule has 0 aliphatic heterocycles. The van der Waals surface area contributed by atoms with Crippen molar-refractivity contribution in [3.8, 4) is 5.75 Å². The van der Waals surface area contributed by atoms with E-state index in [1.807, 2.05) is 0 Å². The van der Waals surface area contributed by atoms with Crippen LogP contribution in [-0.4, -0.2) is 19.6 Å². The molecule has 0 heterocycles. The monoisotopic (exact) mass is 341 g/mol. The van der Waals surface area contributed by atoms with E-state index in [-0.39, 0.29) is 5.69 Å². The summed E-state index contributed by atoms with van der Waals surface area (Å²) in [5.74, 6) is -0.809. The van der Waals surface area contributed by atoms with E-state index >= 15 is 0 Å². The van der Waals surface area contributed by atoms with Crippen LogP contribution in [-0.2, 0) is 13.4 Å². The van der Waals surface area contributed by atoms with Gasteiger partial charge in [-0.25, -0.2) is 9.13 Å². The molecule has 0 bridgehead atoms. The molecular formula is C6H6N4O9P2. The highest BCUT2D eigenvalue weighted by atomic mass is 32.2. The minimum absolute atomic E-state index is 0.180. The van der Waals surface area contributed by atoms with Crippen LogP contribution < -0.4 is 4.52 Å². The van der Waals surface area contributed by atoms with Gasteiger partial charge in [0.15, 0.2) is 0 Å². The Kier molecular flexibility index (Phi) is 5.05. The quantitative estimate of drug-likeness (QED) is 0.173. The molecule has 0 spiro atoms. The number of nitrogens with zero attached hydrogens (tertiary/aromatic N) is 4. The van der Waals surface area contributed by atoms with E-state index in [2.05, 4.69) is 18.9 Å². The van der Waals surface area contributed by atoms with E-state index in [9.17, 15) is 19.2 Å². The minimum Gasteiger partial charge on any atom is -0.396 e. The van der Waals surface area contributed by atoms with Crippen molar-refractivity contribution < 1.29 is 37.6 Å². The van der Waals surface area contributed by atoms with Gasteiger partial charge in [-0.2, -0.15) is 4.31 Å². The summed E-state index contributed by atoms with van der Waals surface area (Å²) in [6.45, 7) is 0. The largest absolute Gasteiger partial charge is 0.536 e. The fraction of sp³-hybridized carbons (Fsp3) is 0. The highest BCUT2D eigenvalue weighted by molar-refractivity contribution is 7.60. The maximum absolute atomic E-state index is 11.3. The molecule has 3 N–H and O–H groups in total. The number of rotatable bonds is 6. The van der Waals surface area contributed by atoms with Crippen LogP contribution in [0.2, 0.25) is 0 Å². The highest BCUT2D eigenvalue weighted by Gasteiger charge is 2.35. The zero-order valence-electron chi connectivity index (χ0n) is 9.71. The average molecular weight is 341 g/mol. The lowest BCUT2D eigenvalue weighted by Gasteiger charge is -2.13. The van der Waals surface area contributed by atoms with E-state index in [0.717, 1.165) is 18.2 Å². The minimum atomic E-state index is -5.36. The number of hydrogen-bond acceptors (Lipinski definition) is 7. The Bertz CT molecular complexity index is 708. The van der Waals surface area contributed by atoms with Gasteiger partial charge in [0.05, 0.1) is 4.92 Å². The summed E-state index contributed by atoms with van der Waals surface area (Å²) in [5.41, 5.74) is 7.15. The normalized spacial score (nSPS) is 13.9. The van der Waals surface area contributed by atoms with Gasteiger partial charge in [-0.05, 0) is 17.7 Å². The van der Waals surface area contributed by atoms with Gasteiger partial charge in [0.25, 0.3) is 0 Å². The molecule has 0 saturated carbocycles. The maximum Gasteiger partial charge on any atom is 0.536 e. The van der Waals surface area contributed by atoms with Crippen molar-refractivity contribution in [2.24, 2.45) is 5.11 Å². The Balaban J connectivity index is 3.19. The van der Waals surface area contributed by atoms with Gasteiger partial charge < -0.3 is 14.3 Å². The molecule has 0 saturated heterocycles. The zero-order valence-corrected chi connectivity index (χ0v) is 11.5. The first-order valence-corrected chi connectivity index (χ1v) is 7.69. The van der Waals surface area contributed by atoms with Crippen molar-refractivity contribution in [2.45, 2.75) is 0 Å². The zero-order chi connectivity index (χ0) is 16.3. The molecule has 0 aliphatic rings. The second-order valence-corrected chi connectivity index (χ2v) is 5.98. The third-order valence-corrected chi connectivity index (χ3v) is 3.83. The van der Waals surface area contributed by atoms with Crippen LogP contribution in [0.4, 0.5) is 11.4 Å². The number of nitro benzene ring substituents is 1. The molecule has 0 amide bonds. The molecule has 0 aromatic heterocycles. The Morgan fingerprint density at radius 2 is 1.95 bits per heavy atom. The predicted octanol–water partition coefficient (Wildman–Crippen LogP) is 2.13. The Morgan fingerprint density at radius 3 is 2.43 bits per heavy atom. The van der Waals surface area contributed by atoms with Crippen LogP contribution in [0.3, 0.4) is 0 Å². The van der Waals surface area contributed by atoms with Gasteiger partial charge in [-0.3, -0.25) is 15.0 Å². The molecule has 1 aromatic carbocycles. The van der Waals surface area contributed by atoms with Crippen molar-refractivity contribution in [3.63, 3.8) is 0 Å². The van der Waals surface area contributed by atoms with Gasteiger partial charge in [0, 0.05) is 16.7 Å². The van der Waals surface area contributed by atoms with E-state index in [1.165, 1.54) is 0 Å². The number of phosphoric acid groups is 2. The standard InChI is InChI=1S/C6H6N4O9P2/c7-9-8-4-1-2-6(5(3-4)10(11)12)18-21(16,17)19-20(13,14)15/h1-3H,(H,16,17)(H2,13,14,15)/i21+1. The first-order valence-electron chi connectivity index (χ1n) is 4.67. The van der Waals surface area contributed by atoms with Gasteiger partial charge in [-0.1, -0.05) is 5.11 Å². The van der Waals surface area contributed by atoms with E-state index in [0.29, 0.717) is 0 Å². The van der Waals surface area contributed by atoms with Gasteiger partial charge in [-0.15, -0.1) is 0 Å². The molecular weight excluding hydrogens is 335 g/mol. The number of azide groups is 1. The molecule has 114 valence electrons. The van der Waals surface area contributed by atoms with E-state index in [1.54, 1.807) is 0 Å². The fourth-order valence-electron chi connectivity index (χ4n) is 1.11. The lowest BCUT2D eigenvalue weighted by atomic mass is 10.2. The first-order chi connectivity index (χ1) is 9.54. The summed E-state index contributed by atoms with van der Waals surface area (Å²) in [6, 6.07) is 2.54. The van der Waals surface area contributed by atoms with Crippen LogP contribution in [0.1, 0.15) is 0 Å². The van der Waals surface area contributed by atoms with Gasteiger partial charge in [0.2, 0.25) is 5.75 Å². The average Bonchev–Trinajstić information content (AvgIpc) is 2.27. The summed E-state index contributed by atoms with van der Waals surface area (Å²) in [7, 11) is -10.7. The molecule has 21 heavy (non-hydrogen) atoms. The Labute approximate surface area is 115 Å². The van der Waals surface area contributed by atoms with Crippen molar-refractivity contribution in [1.29, 1.82) is 0 Å². The van der Waals surface area contributed by atoms with Crippen LogP contribution >= 0.6 is 15.6 Å². The summed E-state index contributed by atoms with van der Waals surface area (Å²) in [4.78, 5) is 38.1. The topological polar surface area (TPSA) is 205 Å². The van der Waals surface area contributed by atoms with Crippen molar-refractivity contribution in [3.05, 3.63) is 38.8 Å². The van der Waals surface area contributed by atoms with Crippen LogP contribution in [0.25, 0.3) is 10.4 Å². The molecule has 1 unspecified atom stereocenters. The summed E-state index contributed by atoms with van der Waals surface area (Å²) >= 11 is 0. The summed E-state index contributed by atoms with van der Waals surface area (Å²) < 4.78 is 29.5. The third-order valence-electron chi connectivity index (χ3n) is 1.72. The SMILES string of the molecule is [N-]=[N+]=Nc1ccc(O[32P](=O)(O)OP(=O)(O)O)c([N+](=O)[O-])c1. The molecule has 1 aromatic rings. The van der Waals surface area contributed by atoms with E-state index < -0.39 is 32.0 Å². The molecule has 1 atom stereocenters. The van der Waals surface area contributed by atoms with Gasteiger partial charge >= 0.3 is 21.3 Å². The number of nitro groups is 1. The van der Waals surface area contributed by atoms with Gasteiger partial charge in [0.1, 0.15) is 0 Å². The van der Waals surface area contributed by atoms with Crippen LogP contribution in [0.15, 0.2) is 23.3 Å². The lowest BCUT2D eigenvalue weighted by molar-refractivity contribution is -0.385. The van der Waals surface area contributed by atoms with Crippen LogP contribution in [0, 0.1) is 10.1 Å². The van der Waals surface area contributed by atoms with Crippen molar-refractivity contribution in [1.82, 2.24) is 0 Å². The predicted molar refractivity (Wildman–Crippen MR) is 65.5 cm³/mol. The number of hydrogen-bond donors (Lipinski definition) is 3. The highest BCUT2D eigenvalue weighted by Crippen LogP contribution is 2.58. The number of phosphoric ester groups is 1. The Morgan fingerprint density at radius 1 is 1.33 bits per heavy atom. The van der Waals surface area contributed by atoms with E-state index in [4.69, 9.17) is 20.2 Å². The molecule has 15 heteroatoms. The molecule has 1 rings (SSSR count). The molecule has 0 radical (unpaired) electrons. The maximum atomic E-state index is 11.3. The second-order valence-electron chi connectivity index (χ2n) is 3.23. The molecule has 13 nitrogen and oxygen atoms in total.